The van der Waals surface area contributed by atoms with Crippen LogP contribution >= 0.6 is 0 Å². The summed E-state index contributed by atoms with van der Waals surface area (Å²) >= 11 is 0. The van der Waals surface area contributed by atoms with E-state index in [2.05, 4.69) is 0 Å². The smallest absolute Gasteiger partial charge is 0.274 e. The lowest BCUT2D eigenvalue weighted by Crippen LogP contribution is -2.17. The summed E-state index contributed by atoms with van der Waals surface area (Å²) in [5.41, 5.74) is 7.05. The van der Waals surface area contributed by atoms with Crippen molar-refractivity contribution in [1.82, 2.24) is 4.57 Å². The number of nitrogens with two attached hydrogens (primary N) is 1. The standard InChI is InChI=1S/C14H16FN3O2/c1-10(16)6-11-4-5-17(8-11)9-12-7-13(15)2-3-14(12)18(19)20/h2-5,7-8,10H,6,9,16H2,1H3. The topological polar surface area (TPSA) is 74.1 Å². The quantitative estimate of drug-likeness (QED) is 0.674. The van der Waals surface area contributed by atoms with Crippen LogP contribution in [0.5, 0.6) is 0 Å². The van der Waals surface area contributed by atoms with E-state index in [-0.39, 0.29) is 18.3 Å². The molecule has 0 saturated carbocycles. The maximum absolute atomic E-state index is 13.2. The van der Waals surface area contributed by atoms with Crippen molar-refractivity contribution in [2.45, 2.75) is 25.9 Å². The van der Waals surface area contributed by atoms with Crippen molar-refractivity contribution in [3.8, 4) is 0 Å². The first-order chi connectivity index (χ1) is 9.45. The molecule has 1 atom stereocenters. The first-order valence-electron chi connectivity index (χ1n) is 6.29. The summed E-state index contributed by atoms with van der Waals surface area (Å²) in [6.45, 7) is 2.17. The Kier molecular flexibility index (Phi) is 4.14. The molecule has 2 aromatic rings. The van der Waals surface area contributed by atoms with E-state index >= 15 is 0 Å². The molecule has 0 aliphatic heterocycles. The Morgan fingerprint density at radius 2 is 2.20 bits per heavy atom. The van der Waals surface area contributed by atoms with Crippen molar-refractivity contribution in [2.75, 3.05) is 0 Å². The molecule has 0 fully saturated rings. The Balaban J connectivity index is 2.23. The maximum atomic E-state index is 13.2. The van der Waals surface area contributed by atoms with E-state index in [9.17, 15) is 14.5 Å². The summed E-state index contributed by atoms with van der Waals surface area (Å²) in [7, 11) is 0. The minimum absolute atomic E-state index is 0.0503. The highest BCUT2D eigenvalue weighted by atomic mass is 19.1. The van der Waals surface area contributed by atoms with Crippen LogP contribution < -0.4 is 5.73 Å². The lowest BCUT2D eigenvalue weighted by Gasteiger charge is -2.05. The number of nitro groups is 1. The van der Waals surface area contributed by atoms with Crippen LogP contribution in [0.25, 0.3) is 0 Å². The summed E-state index contributed by atoms with van der Waals surface area (Å²) in [5, 5.41) is 10.9. The van der Waals surface area contributed by atoms with E-state index in [1.54, 1.807) is 4.57 Å². The summed E-state index contributed by atoms with van der Waals surface area (Å²) in [6, 6.07) is 5.45. The monoisotopic (exact) mass is 277 g/mol. The molecular formula is C14H16FN3O2. The summed E-state index contributed by atoms with van der Waals surface area (Å²) in [6.07, 6.45) is 4.42. The molecule has 0 saturated heterocycles. The van der Waals surface area contributed by atoms with Gasteiger partial charge in [0.15, 0.2) is 0 Å². The summed E-state index contributed by atoms with van der Waals surface area (Å²) in [5.74, 6) is -0.478. The zero-order chi connectivity index (χ0) is 14.7. The van der Waals surface area contributed by atoms with Crippen LogP contribution in [0.3, 0.4) is 0 Å². The molecule has 20 heavy (non-hydrogen) atoms. The van der Waals surface area contributed by atoms with Crippen molar-refractivity contribution in [3.05, 3.63) is 63.7 Å². The molecule has 1 aromatic carbocycles. The van der Waals surface area contributed by atoms with Gasteiger partial charge in [0.2, 0.25) is 0 Å². The van der Waals surface area contributed by atoms with Gasteiger partial charge in [-0.15, -0.1) is 0 Å². The van der Waals surface area contributed by atoms with E-state index in [1.807, 2.05) is 25.4 Å². The molecule has 0 radical (unpaired) electrons. The lowest BCUT2D eigenvalue weighted by molar-refractivity contribution is -0.385. The van der Waals surface area contributed by atoms with Crippen molar-refractivity contribution in [1.29, 1.82) is 0 Å². The zero-order valence-corrected chi connectivity index (χ0v) is 11.1. The molecule has 5 nitrogen and oxygen atoms in total. The van der Waals surface area contributed by atoms with Gasteiger partial charge in [-0.3, -0.25) is 10.1 Å². The number of hydrogen-bond acceptors (Lipinski definition) is 3. The van der Waals surface area contributed by atoms with E-state index in [0.29, 0.717) is 5.56 Å². The molecule has 2 rings (SSSR count). The summed E-state index contributed by atoms with van der Waals surface area (Å²) < 4.78 is 15.0. The molecule has 0 amide bonds. The molecule has 0 aliphatic carbocycles. The molecule has 1 aromatic heterocycles. The lowest BCUT2D eigenvalue weighted by atomic mass is 10.1. The fourth-order valence-corrected chi connectivity index (χ4v) is 2.14. The molecule has 0 bridgehead atoms. The van der Waals surface area contributed by atoms with Crippen LogP contribution in [-0.4, -0.2) is 15.5 Å². The molecule has 1 heterocycles. The van der Waals surface area contributed by atoms with Gasteiger partial charge in [0, 0.05) is 24.5 Å². The van der Waals surface area contributed by atoms with Gasteiger partial charge >= 0.3 is 0 Å². The van der Waals surface area contributed by atoms with Crippen LogP contribution in [0, 0.1) is 15.9 Å². The second-order valence-corrected chi connectivity index (χ2v) is 4.90. The normalized spacial score (nSPS) is 12.3. The third-order valence-corrected chi connectivity index (χ3v) is 2.96. The number of hydrogen-bond donors (Lipinski definition) is 1. The predicted octanol–water partition coefficient (Wildman–Crippen LogP) is 2.47. The second-order valence-electron chi connectivity index (χ2n) is 4.90. The maximum Gasteiger partial charge on any atom is 0.274 e. The Morgan fingerprint density at radius 1 is 1.45 bits per heavy atom. The fourth-order valence-electron chi connectivity index (χ4n) is 2.14. The highest BCUT2D eigenvalue weighted by molar-refractivity contribution is 5.40. The molecule has 0 aliphatic rings. The number of rotatable bonds is 5. The highest BCUT2D eigenvalue weighted by Gasteiger charge is 2.14. The van der Waals surface area contributed by atoms with E-state index < -0.39 is 10.7 Å². The Hall–Kier alpha value is -2.21. The Labute approximate surface area is 116 Å². The summed E-state index contributed by atoms with van der Waals surface area (Å²) in [4.78, 5) is 10.4. The second kappa shape index (κ2) is 5.83. The predicted molar refractivity (Wildman–Crippen MR) is 73.9 cm³/mol. The van der Waals surface area contributed by atoms with Gasteiger partial charge in [-0.05, 0) is 37.1 Å². The third kappa shape index (κ3) is 3.42. The molecule has 0 spiro atoms. The van der Waals surface area contributed by atoms with Crippen molar-refractivity contribution >= 4 is 5.69 Å². The van der Waals surface area contributed by atoms with Gasteiger partial charge < -0.3 is 10.3 Å². The SMILES string of the molecule is CC(N)Cc1ccn(Cc2cc(F)ccc2[N+](=O)[O-])c1. The molecule has 1 unspecified atom stereocenters. The molecule has 6 heteroatoms. The zero-order valence-electron chi connectivity index (χ0n) is 11.1. The third-order valence-electron chi connectivity index (χ3n) is 2.96. The number of nitrogens with zero attached hydrogens (tertiary/aromatic N) is 2. The number of halogens is 1. The van der Waals surface area contributed by atoms with Crippen LogP contribution in [0.1, 0.15) is 18.1 Å². The average Bonchev–Trinajstić information content (AvgIpc) is 2.75. The van der Waals surface area contributed by atoms with Crippen LogP contribution in [-0.2, 0) is 13.0 Å². The largest absolute Gasteiger partial charge is 0.349 e. The van der Waals surface area contributed by atoms with Crippen molar-refractivity contribution < 1.29 is 9.31 Å². The minimum Gasteiger partial charge on any atom is -0.349 e. The van der Waals surface area contributed by atoms with Gasteiger partial charge in [-0.1, -0.05) is 0 Å². The minimum atomic E-state index is -0.499. The van der Waals surface area contributed by atoms with Gasteiger partial charge in [0.1, 0.15) is 5.82 Å². The van der Waals surface area contributed by atoms with E-state index in [4.69, 9.17) is 5.73 Å². The van der Waals surface area contributed by atoms with E-state index in [0.717, 1.165) is 18.1 Å². The first kappa shape index (κ1) is 14.2. The Morgan fingerprint density at radius 3 is 2.85 bits per heavy atom. The molecular weight excluding hydrogens is 261 g/mol. The number of nitro benzene ring substituents is 1. The van der Waals surface area contributed by atoms with Crippen molar-refractivity contribution in [3.63, 3.8) is 0 Å². The van der Waals surface area contributed by atoms with Crippen LogP contribution in [0.4, 0.5) is 10.1 Å². The van der Waals surface area contributed by atoms with E-state index in [1.165, 1.54) is 12.1 Å². The van der Waals surface area contributed by atoms with Crippen LogP contribution in [0.15, 0.2) is 36.7 Å². The van der Waals surface area contributed by atoms with Gasteiger partial charge in [0.05, 0.1) is 17.0 Å². The number of benzene rings is 1. The van der Waals surface area contributed by atoms with Crippen molar-refractivity contribution in [2.24, 2.45) is 5.73 Å². The Bertz CT molecular complexity index is 623. The van der Waals surface area contributed by atoms with Crippen LogP contribution in [0.2, 0.25) is 0 Å². The average molecular weight is 277 g/mol. The highest BCUT2D eigenvalue weighted by Crippen LogP contribution is 2.21. The van der Waals surface area contributed by atoms with Gasteiger partial charge in [-0.2, -0.15) is 0 Å². The van der Waals surface area contributed by atoms with Gasteiger partial charge in [0.25, 0.3) is 5.69 Å². The fraction of sp³-hybridized carbons (Fsp3) is 0.286. The van der Waals surface area contributed by atoms with Gasteiger partial charge in [-0.25, -0.2) is 4.39 Å². The molecule has 2 N–H and O–H groups in total. The number of aromatic nitrogens is 1. The first-order valence-corrected chi connectivity index (χ1v) is 6.29. The molecule has 106 valence electrons.